The molecule has 1 aliphatic carbocycles. The van der Waals surface area contributed by atoms with Gasteiger partial charge in [0.15, 0.2) is 5.13 Å². The lowest BCUT2D eigenvalue weighted by atomic mass is 9.90. The highest BCUT2D eigenvalue weighted by Crippen LogP contribution is 2.32. The van der Waals surface area contributed by atoms with Crippen LogP contribution in [-0.4, -0.2) is 29.5 Å². The summed E-state index contributed by atoms with van der Waals surface area (Å²) < 4.78 is 0. The van der Waals surface area contributed by atoms with Crippen molar-refractivity contribution in [3.8, 4) is 0 Å². The fourth-order valence-corrected chi connectivity index (χ4v) is 5.34. The van der Waals surface area contributed by atoms with Crippen molar-refractivity contribution in [1.82, 2.24) is 9.88 Å². The molecule has 0 aromatic carbocycles. The van der Waals surface area contributed by atoms with E-state index in [2.05, 4.69) is 33.5 Å². The van der Waals surface area contributed by atoms with Crippen molar-refractivity contribution in [3.63, 3.8) is 0 Å². The monoisotopic (exact) mass is 331 g/mol. The second-order valence-electron chi connectivity index (χ2n) is 6.25. The van der Waals surface area contributed by atoms with Crippen LogP contribution in [-0.2, 0) is 12.8 Å². The summed E-state index contributed by atoms with van der Waals surface area (Å²) in [5, 5.41) is 2.91. The number of aromatic nitrogens is 1. The second-order valence-corrected chi connectivity index (χ2v) is 8.31. The molecule has 0 bridgehead atoms. The molecular weight excluding hydrogens is 310 g/mol. The molecule has 116 valence electrons. The van der Waals surface area contributed by atoms with Crippen LogP contribution in [0.3, 0.4) is 0 Å². The number of fused-ring (bicyclic) bond motifs is 1. The number of thiophene rings is 1. The van der Waals surface area contributed by atoms with Crippen LogP contribution in [0.5, 0.6) is 0 Å². The van der Waals surface area contributed by atoms with Gasteiger partial charge in [0.2, 0.25) is 0 Å². The van der Waals surface area contributed by atoms with E-state index in [0.29, 0.717) is 0 Å². The number of thiazole rings is 1. The highest BCUT2D eigenvalue weighted by molar-refractivity contribution is 7.15. The molecule has 2 aromatic rings. The number of anilines is 1. The summed E-state index contributed by atoms with van der Waals surface area (Å²) in [5.41, 5.74) is 8.64. The lowest BCUT2D eigenvalue weighted by molar-refractivity contribution is 0.239. The zero-order valence-electron chi connectivity index (χ0n) is 12.6. The van der Waals surface area contributed by atoms with Crippen LogP contribution in [0.2, 0.25) is 0 Å². The molecule has 4 rings (SSSR count). The van der Waals surface area contributed by atoms with Crippen LogP contribution in [0, 0.1) is 5.92 Å². The molecule has 2 aliphatic rings. The Bertz CT molecular complexity index is 672. The fraction of sp³-hybridized carbons (Fsp3) is 0.471. The van der Waals surface area contributed by atoms with E-state index in [0.717, 1.165) is 24.0 Å². The van der Waals surface area contributed by atoms with E-state index in [-0.39, 0.29) is 0 Å². The van der Waals surface area contributed by atoms with Crippen LogP contribution in [0.4, 0.5) is 5.13 Å². The zero-order valence-corrected chi connectivity index (χ0v) is 14.3. The van der Waals surface area contributed by atoms with Crippen molar-refractivity contribution >= 4 is 33.4 Å². The Balaban J connectivity index is 1.36. The van der Waals surface area contributed by atoms with Crippen LogP contribution in [0.25, 0.3) is 5.57 Å². The van der Waals surface area contributed by atoms with Crippen molar-refractivity contribution < 1.29 is 0 Å². The zero-order chi connectivity index (χ0) is 14.9. The minimum atomic E-state index is 0.743. The molecular formula is C17H21N3S2. The molecule has 0 spiro atoms. The van der Waals surface area contributed by atoms with Crippen molar-refractivity contribution in [3.05, 3.63) is 39.0 Å². The molecule has 3 heterocycles. The van der Waals surface area contributed by atoms with E-state index < -0.39 is 0 Å². The van der Waals surface area contributed by atoms with Crippen LogP contribution < -0.4 is 5.73 Å². The Hall–Kier alpha value is -1.17. The van der Waals surface area contributed by atoms with E-state index in [4.69, 9.17) is 5.73 Å². The molecule has 22 heavy (non-hydrogen) atoms. The highest BCUT2D eigenvalue weighted by atomic mass is 32.1. The lowest BCUT2D eigenvalue weighted by Gasteiger charge is -2.31. The van der Waals surface area contributed by atoms with Crippen molar-refractivity contribution in [1.29, 1.82) is 0 Å². The van der Waals surface area contributed by atoms with Gasteiger partial charge in [0.25, 0.3) is 0 Å². The molecule has 0 saturated carbocycles. The smallest absolute Gasteiger partial charge is 0.180 e. The predicted octanol–water partition coefficient (Wildman–Crippen LogP) is 3.68. The standard InChI is InChI=1S/C17H21N3S2/c18-17-19-14-4-3-12(10-16(14)22-17)11-20-7-5-13(6-8-20)15-2-1-9-21-15/h1-2,5,9,12H,3-4,6-8,10-11H2,(H2,18,19). The first-order chi connectivity index (χ1) is 10.8. The third-order valence-electron chi connectivity index (χ3n) is 4.71. The fourth-order valence-electron chi connectivity index (χ4n) is 3.55. The van der Waals surface area contributed by atoms with E-state index in [1.165, 1.54) is 53.4 Å². The molecule has 0 radical (unpaired) electrons. The first-order valence-corrected chi connectivity index (χ1v) is 9.67. The minimum Gasteiger partial charge on any atom is -0.375 e. The molecule has 0 fully saturated rings. The number of nitrogens with two attached hydrogens (primary N) is 1. The Labute approximate surface area is 139 Å². The number of nitrogen functional groups attached to an aromatic ring is 1. The molecule has 0 saturated heterocycles. The molecule has 1 unspecified atom stereocenters. The summed E-state index contributed by atoms with van der Waals surface area (Å²) in [6.45, 7) is 3.50. The van der Waals surface area contributed by atoms with Gasteiger partial charge >= 0.3 is 0 Å². The topological polar surface area (TPSA) is 42.1 Å². The molecule has 1 aliphatic heterocycles. The maximum absolute atomic E-state index is 5.84. The van der Waals surface area contributed by atoms with Gasteiger partial charge in [-0.25, -0.2) is 4.98 Å². The third kappa shape index (κ3) is 2.98. The van der Waals surface area contributed by atoms with Crippen LogP contribution in [0.1, 0.15) is 28.3 Å². The highest BCUT2D eigenvalue weighted by Gasteiger charge is 2.24. The Kier molecular flexibility index (Phi) is 4.03. The Morgan fingerprint density at radius 2 is 2.32 bits per heavy atom. The number of rotatable bonds is 3. The van der Waals surface area contributed by atoms with E-state index in [1.54, 1.807) is 11.3 Å². The van der Waals surface area contributed by atoms with Gasteiger partial charge in [0.05, 0.1) is 5.69 Å². The number of hydrogen-bond donors (Lipinski definition) is 1. The average Bonchev–Trinajstić information content (AvgIpc) is 3.16. The lowest BCUT2D eigenvalue weighted by Crippen LogP contribution is -2.35. The predicted molar refractivity (Wildman–Crippen MR) is 95.4 cm³/mol. The molecule has 2 N–H and O–H groups in total. The number of aryl methyl sites for hydroxylation is 1. The Morgan fingerprint density at radius 1 is 1.36 bits per heavy atom. The largest absolute Gasteiger partial charge is 0.375 e. The van der Waals surface area contributed by atoms with Gasteiger partial charge in [-0.1, -0.05) is 12.1 Å². The van der Waals surface area contributed by atoms with Crippen LogP contribution in [0.15, 0.2) is 23.6 Å². The molecule has 5 heteroatoms. The summed E-state index contributed by atoms with van der Waals surface area (Å²) in [4.78, 5) is 9.93. The average molecular weight is 332 g/mol. The molecule has 2 aromatic heterocycles. The van der Waals surface area contributed by atoms with Crippen molar-refractivity contribution in [2.45, 2.75) is 25.7 Å². The van der Waals surface area contributed by atoms with E-state index >= 15 is 0 Å². The van der Waals surface area contributed by atoms with E-state index in [1.807, 2.05) is 11.3 Å². The van der Waals surface area contributed by atoms with Gasteiger partial charge in [-0.05, 0) is 48.6 Å². The number of hydrogen-bond acceptors (Lipinski definition) is 5. The van der Waals surface area contributed by atoms with E-state index in [9.17, 15) is 0 Å². The van der Waals surface area contributed by atoms with Crippen molar-refractivity contribution in [2.24, 2.45) is 5.92 Å². The SMILES string of the molecule is Nc1nc2c(s1)CC(CN1CC=C(c3cccs3)CC1)CC2. The third-order valence-corrected chi connectivity index (χ3v) is 6.60. The summed E-state index contributed by atoms with van der Waals surface area (Å²) in [6, 6.07) is 4.39. The first-order valence-electron chi connectivity index (χ1n) is 7.97. The quantitative estimate of drug-likeness (QED) is 0.933. The Morgan fingerprint density at radius 3 is 3.09 bits per heavy atom. The van der Waals surface area contributed by atoms with Gasteiger partial charge < -0.3 is 5.73 Å². The normalized spacial score (nSPS) is 22.4. The van der Waals surface area contributed by atoms with Gasteiger partial charge in [-0.15, -0.1) is 22.7 Å². The minimum absolute atomic E-state index is 0.743. The number of nitrogens with zero attached hydrogens (tertiary/aromatic N) is 2. The van der Waals surface area contributed by atoms with Gasteiger partial charge in [0.1, 0.15) is 0 Å². The van der Waals surface area contributed by atoms with Crippen LogP contribution >= 0.6 is 22.7 Å². The maximum atomic E-state index is 5.84. The summed E-state index contributed by atoms with van der Waals surface area (Å²) >= 11 is 3.55. The summed E-state index contributed by atoms with van der Waals surface area (Å²) in [5.74, 6) is 0.768. The molecule has 3 nitrogen and oxygen atoms in total. The van der Waals surface area contributed by atoms with Crippen molar-refractivity contribution in [2.75, 3.05) is 25.4 Å². The summed E-state index contributed by atoms with van der Waals surface area (Å²) in [7, 11) is 0. The maximum Gasteiger partial charge on any atom is 0.180 e. The molecule has 1 atom stereocenters. The van der Waals surface area contributed by atoms with Gasteiger partial charge in [-0.3, -0.25) is 4.90 Å². The van der Waals surface area contributed by atoms with Gasteiger partial charge in [0, 0.05) is 29.4 Å². The van der Waals surface area contributed by atoms with Gasteiger partial charge in [-0.2, -0.15) is 0 Å². The molecule has 0 amide bonds. The first kappa shape index (κ1) is 14.4. The summed E-state index contributed by atoms with van der Waals surface area (Å²) in [6.07, 6.45) is 7.15. The second kappa shape index (κ2) is 6.14.